The molecule has 0 spiro atoms. The van der Waals surface area contributed by atoms with Gasteiger partial charge in [0, 0.05) is 55.9 Å². The topological polar surface area (TPSA) is 41.0 Å². The van der Waals surface area contributed by atoms with E-state index in [4.69, 9.17) is 4.74 Å². The van der Waals surface area contributed by atoms with E-state index in [1.54, 1.807) is 12.7 Å². The number of carbonyl (C=O) groups excluding carboxylic acids is 1. The number of carbonyl (C=O) groups is 1. The molecular weight excluding hydrogens is 424 g/mol. The molecule has 0 N–H and O–H groups in total. The Kier molecular flexibility index (Phi) is 8.11. The van der Waals surface area contributed by atoms with Gasteiger partial charge in [-0.2, -0.15) is 0 Å². The molecule has 2 heterocycles. The van der Waals surface area contributed by atoms with E-state index >= 15 is 0 Å². The molecule has 0 saturated carbocycles. The van der Waals surface area contributed by atoms with Crippen LogP contribution in [0.15, 0.2) is 42.0 Å². The van der Waals surface area contributed by atoms with Crippen molar-refractivity contribution in [2.45, 2.75) is 39.2 Å². The minimum absolute atomic E-state index is 0.155. The fourth-order valence-corrected chi connectivity index (χ4v) is 5.19. The molecule has 1 aliphatic carbocycles. The second-order valence-corrected chi connectivity index (χ2v) is 9.83. The van der Waals surface area contributed by atoms with Crippen molar-refractivity contribution in [3.63, 3.8) is 0 Å². The van der Waals surface area contributed by atoms with Crippen LogP contribution >= 0.6 is 0 Å². The summed E-state index contributed by atoms with van der Waals surface area (Å²) >= 11 is 0. The maximum absolute atomic E-state index is 13.8. The number of benzene rings is 1. The van der Waals surface area contributed by atoms with Gasteiger partial charge in [-0.1, -0.05) is 23.8 Å². The van der Waals surface area contributed by atoms with Crippen LogP contribution in [-0.4, -0.2) is 85.6 Å². The Morgan fingerprint density at radius 3 is 2.59 bits per heavy atom. The highest BCUT2D eigenvalue weighted by molar-refractivity contribution is 6.08. The second kappa shape index (κ2) is 11.2. The number of rotatable bonds is 9. The minimum Gasteiger partial charge on any atom is -0.497 e. The summed E-state index contributed by atoms with van der Waals surface area (Å²) in [7, 11) is 5.88. The normalized spacial score (nSPS) is 17.0. The lowest BCUT2D eigenvalue weighted by Crippen LogP contribution is -2.49. The van der Waals surface area contributed by atoms with Crippen LogP contribution in [0.5, 0.6) is 5.75 Å². The van der Waals surface area contributed by atoms with Gasteiger partial charge >= 0.3 is 0 Å². The van der Waals surface area contributed by atoms with Gasteiger partial charge in [-0.25, -0.2) is 0 Å². The number of hydrogen-bond donors (Lipinski definition) is 0. The molecule has 1 amide bonds. The van der Waals surface area contributed by atoms with Gasteiger partial charge in [0.15, 0.2) is 0 Å². The van der Waals surface area contributed by atoms with Gasteiger partial charge in [-0.05, 0) is 71.4 Å². The van der Waals surface area contributed by atoms with Gasteiger partial charge in [0.1, 0.15) is 5.75 Å². The van der Waals surface area contributed by atoms with Gasteiger partial charge in [-0.15, -0.1) is 0 Å². The van der Waals surface area contributed by atoms with Gasteiger partial charge < -0.3 is 19.1 Å². The van der Waals surface area contributed by atoms with E-state index in [0.29, 0.717) is 0 Å². The van der Waals surface area contributed by atoms with Gasteiger partial charge in [0.05, 0.1) is 12.7 Å². The van der Waals surface area contributed by atoms with E-state index in [1.165, 1.54) is 12.8 Å². The molecule has 6 heteroatoms. The molecule has 184 valence electrons. The van der Waals surface area contributed by atoms with Crippen molar-refractivity contribution in [3.05, 3.63) is 53.3 Å². The molecule has 6 nitrogen and oxygen atoms in total. The molecule has 0 unspecified atom stereocenters. The van der Waals surface area contributed by atoms with Crippen LogP contribution in [0.3, 0.4) is 0 Å². The first-order valence-electron chi connectivity index (χ1n) is 12.7. The van der Waals surface area contributed by atoms with Crippen LogP contribution in [0, 0.1) is 6.92 Å². The number of piperazine rings is 1. The van der Waals surface area contributed by atoms with Crippen LogP contribution in [0.2, 0.25) is 0 Å². The first-order valence-corrected chi connectivity index (χ1v) is 12.7. The molecule has 0 atom stereocenters. The maximum atomic E-state index is 13.8. The smallest absolute Gasteiger partial charge is 0.256 e. The van der Waals surface area contributed by atoms with Crippen LogP contribution in [0.4, 0.5) is 0 Å². The van der Waals surface area contributed by atoms with Crippen molar-refractivity contribution in [2.75, 3.05) is 60.5 Å². The standard InChI is InChI=1S/C28H40N4O2/c1-22-27(25-21-24(34-4)11-12-26(25)32(22)15-8-14-29(2)3)28(33)31-19-17-30(18-20-31)16-13-23-9-6-5-7-10-23/h5-6,9,11-12,21H,7-8,10,13-20H2,1-4H3. The second-order valence-electron chi connectivity index (χ2n) is 9.83. The van der Waals surface area contributed by atoms with E-state index in [2.05, 4.69) is 59.7 Å². The van der Waals surface area contributed by atoms with E-state index in [9.17, 15) is 4.79 Å². The van der Waals surface area contributed by atoms with Crippen LogP contribution in [0.1, 0.15) is 41.7 Å². The summed E-state index contributed by atoms with van der Waals surface area (Å²) in [6.07, 6.45) is 11.2. The van der Waals surface area contributed by atoms with Crippen molar-refractivity contribution in [1.29, 1.82) is 0 Å². The fraction of sp³-hybridized carbons (Fsp3) is 0.536. The average Bonchev–Trinajstić information content (AvgIpc) is 3.13. The monoisotopic (exact) mass is 464 g/mol. The third kappa shape index (κ3) is 5.56. The zero-order valence-corrected chi connectivity index (χ0v) is 21.3. The summed E-state index contributed by atoms with van der Waals surface area (Å²) in [5, 5.41) is 1.01. The van der Waals surface area contributed by atoms with Gasteiger partial charge in [0.2, 0.25) is 0 Å². The Morgan fingerprint density at radius 1 is 1.12 bits per heavy atom. The lowest BCUT2D eigenvalue weighted by molar-refractivity contribution is 0.0639. The molecule has 0 radical (unpaired) electrons. The summed E-state index contributed by atoms with van der Waals surface area (Å²) in [5.41, 5.74) is 4.57. The number of ether oxygens (including phenoxy) is 1. The van der Waals surface area contributed by atoms with Gasteiger partial charge in [-0.3, -0.25) is 9.69 Å². The molecule has 1 aromatic carbocycles. The van der Waals surface area contributed by atoms with E-state index in [1.807, 2.05) is 17.0 Å². The highest BCUT2D eigenvalue weighted by Crippen LogP contribution is 2.31. The lowest BCUT2D eigenvalue weighted by atomic mass is 10.0. The zero-order chi connectivity index (χ0) is 24.1. The maximum Gasteiger partial charge on any atom is 0.256 e. The third-order valence-corrected chi connectivity index (χ3v) is 7.24. The summed E-state index contributed by atoms with van der Waals surface area (Å²) in [6.45, 7) is 8.56. The number of allylic oxidation sites excluding steroid dienone is 3. The summed E-state index contributed by atoms with van der Waals surface area (Å²) in [4.78, 5) is 20.5. The quantitative estimate of drug-likeness (QED) is 0.554. The number of nitrogens with zero attached hydrogens (tertiary/aromatic N) is 4. The molecule has 1 saturated heterocycles. The molecule has 1 fully saturated rings. The summed E-state index contributed by atoms with van der Waals surface area (Å²) < 4.78 is 7.81. The zero-order valence-electron chi connectivity index (χ0n) is 21.3. The van der Waals surface area contributed by atoms with E-state index in [0.717, 1.165) is 86.6 Å². The van der Waals surface area contributed by atoms with Crippen LogP contribution < -0.4 is 4.74 Å². The third-order valence-electron chi connectivity index (χ3n) is 7.24. The SMILES string of the molecule is COc1ccc2c(c1)c(C(=O)N1CCN(CCC3=CC=CCC3)CC1)c(C)n2CCCN(C)C. The fourth-order valence-electron chi connectivity index (χ4n) is 5.19. The van der Waals surface area contributed by atoms with Crippen molar-refractivity contribution < 1.29 is 9.53 Å². The van der Waals surface area contributed by atoms with Crippen LogP contribution in [0.25, 0.3) is 10.9 Å². The number of aryl methyl sites for hydroxylation is 1. The van der Waals surface area contributed by atoms with Crippen LogP contribution in [-0.2, 0) is 6.54 Å². The number of aromatic nitrogens is 1. The number of methoxy groups -OCH3 is 1. The highest BCUT2D eigenvalue weighted by Gasteiger charge is 2.27. The Balaban J connectivity index is 1.47. The Labute approximate surface area is 204 Å². The van der Waals surface area contributed by atoms with Crippen molar-refractivity contribution in [2.24, 2.45) is 0 Å². The first-order chi connectivity index (χ1) is 16.5. The predicted molar refractivity (Wildman–Crippen MR) is 140 cm³/mol. The van der Waals surface area contributed by atoms with Gasteiger partial charge in [0.25, 0.3) is 5.91 Å². The first kappa shape index (κ1) is 24.6. The van der Waals surface area contributed by atoms with Crippen molar-refractivity contribution in [3.8, 4) is 5.75 Å². The Morgan fingerprint density at radius 2 is 1.91 bits per heavy atom. The Hall–Kier alpha value is -2.57. The molecule has 2 aliphatic rings. The molecule has 1 aromatic heterocycles. The van der Waals surface area contributed by atoms with E-state index in [-0.39, 0.29) is 5.91 Å². The summed E-state index contributed by atoms with van der Waals surface area (Å²) in [5.74, 6) is 0.950. The largest absolute Gasteiger partial charge is 0.497 e. The Bertz CT molecular complexity index is 1060. The van der Waals surface area contributed by atoms with E-state index < -0.39 is 0 Å². The van der Waals surface area contributed by atoms with Crippen molar-refractivity contribution in [1.82, 2.24) is 19.3 Å². The summed E-state index contributed by atoms with van der Waals surface area (Å²) in [6, 6.07) is 6.12. The lowest BCUT2D eigenvalue weighted by Gasteiger charge is -2.35. The number of fused-ring (bicyclic) bond motifs is 1. The molecule has 0 bridgehead atoms. The number of hydrogen-bond acceptors (Lipinski definition) is 4. The highest BCUT2D eigenvalue weighted by atomic mass is 16.5. The average molecular weight is 465 g/mol. The molecule has 4 rings (SSSR count). The minimum atomic E-state index is 0.155. The molecule has 1 aliphatic heterocycles. The molecule has 2 aromatic rings. The molecule has 34 heavy (non-hydrogen) atoms. The molecular formula is C28H40N4O2. The predicted octanol–water partition coefficient (Wildman–Crippen LogP) is 4.33. The number of amides is 1. The van der Waals surface area contributed by atoms with Crippen molar-refractivity contribution >= 4 is 16.8 Å².